The van der Waals surface area contributed by atoms with Crippen LogP contribution in [0.25, 0.3) is 10.9 Å². The van der Waals surface area contributed by atoms with Crippen molar-refractivity contribution < 1.29 is 4.39 Å². The highest BCUT2D eigenvalue weighted by atomic mass is 19.1. The van der Waals surface area contributed by atoms with Crippen LogP contribution in [-0.4, -0.2) is 10.2 Å². The Morgan fingerprint density at radius 2 is 2.24 bits per heavy atom. The number of aromatic amines is 1. The molecule has 1 heterocycles. The lowest BCUT2D eigenvalue weighted by atomic mass is 9.93. The number of hydrogen-bond donors (Lipinski definition) is 1. The molecule has 3 nitrogen and oxygen atoms in total. The first-order valence-corrected chi connectivity index (χ1v) is 5.75. The van der Waals surface area contributed by atoms with Crippen molar-refractivity contribution in [1.29, 1.82) is 5.26 Å². The lowest BCUT2D eigenvalue weighted by molar-refractivity contribution is 0.632. The predicted molar refractivity (Wildman–Crippen MR) is 59.6 cm³/mol. The molecule has 0 aliphatic heterocycles. The Morgan fingerprint density at radius 1 is 1.41 bits per heavy atom. The number of benzene rings is 1. The fourth-order valence-electron chi connectivity index (χ4n) is 3.10. The number of nitrogens with one attached hydrogen (secondary N) is 1. The van der Waals surface area contributed by atoms with Crippen molar-refractivity contribution in [2.75, 3.05) is 0 Å². The van der Waals surface area contributed by atoms with E-state index in [9.17, 15) is 9.65 Å². The molecule has 4 heteroatoms. The fourth-order valence-corrected chi connectivity index (χ4v) is 3.10. The number of nitriles is 1. The van der Waals surface area contributed by atoms with Gasteiger partial charge in [-0.1, -0.05) is 0 Å². The maximum atomic E-state index is 13.9. The second-order valence-electron chi connectivity index (χ2n) is 5.26. The molecule has 2 aliphatic rings. The van der Waals surface area contributed by atoms with Gasteiger partial charge in [0.15, 0.2) is 0 Å². The Hall–Kier alpha value is -1.89. The number of halogens is 1. The summed E-state index contributed by atoms with van der Waals surface area (Å²) in [6.45, 7) is 0. The van der Waals surface area contributed by atoms with E-state index in [1.54, 1.807) is 0 Å². The third kappa shape index (κ3) is 0.932. The molecule has 17 heavy (non-hydrogen) atoms. The van der Waals surface area contributed by atoms with Crippen molar-refractivity contribution in [2.45, 2.75) is 24.7 Å². The molecule has 2 fully saturated rings. The lowest BCUT2D eigenvalue weighted by Crippen LogP contribution is -2.08. The lowest BCUT2D eigenvalue weighted by Gasteiger charge is -2.08. The van der Waals surface area contributed by atoms with Crippen LogP contribution in [-0.2, 0) is 5.41 Å². The van der Waals surface area contributed by atoms with Crippen LogP contribution in [0.4, 0.5) is 4.39 Å². The first-order chi connectivity index (χ1) is 8.21. The standard InChI is InChI=1S/C13H10FN3/c14-10-3-8(4-11-9(10)5-16-17-11)13(7-15)6-12(13)1-2-12/h3-5H,1-2,6H2,(H,16,17)/t13-/m0/s1. The van der Waals surface area contributed by atoms with Crippen LogP contribution in [0.2, 0.25) is 0 Å². The molecule has 1 atom stereocenters. The number of nitrogens with zero attached hydrogens (tertiary/aromatic N) is 2. The van der Waals surface area contributed by atoms with Gasteiger partial charge in [0.05, 0.1) is 28.6 Å². The highest BCUT2D eigenvalue weighted by molar-refractivity contribution is 5.80. The van der Waals surface area contributed by atoms with Gasteiger partial charge in [0, 0.05) is 0 Å². The van der Waals surface area contributed by atoms with E-state index in [0.29, 0.717) is 10.9 Å². The summed E-state index contributed by atoms with van der Waals surface area (Å²) in [7, 11) is 0. The summed E-state index contributed by atoms with van der Waals surface area (Å²) in [5.41, 5.74) is 1.22. The molecule has 1 spiro atoms. The highest BCUT2D eigenvalue weighted by Crippen LogP contribution is 2.78. The Labute approximate surface area is 97.2 Å². The third-order valence-electron chi connectivity index (χ3n) is 4.43. The van der Waals surface area contributed by atoms with Crippen molar-refractivity contribution in [3.05, 3.63) is 29.7 Å². The van der Waals surface area contributed by atoms with Crippen LogP contribution in [0.15, 0.2) is 18.3 Å². The molecule has 0 saturated heterocycles. The monoisotopic (exact) mass is 227 g/mol. The van der Waals surface area contributed by atoms with Gasteiger partial charge >= 0.3 is 0 Å². The van der Waals surface area contributed by atoms with Crippen LogP contribution in [0, 0.1) is 22.6 Å². The smallest absolute Gasteiger partial charge is 0.134 e. The van der Waals surface area contributed by atoms with E-state index in [-0.39, 0.29) is 11.2 Å². The van der Waals surface area contributed by atoms with E-state index in [4.69, 9.17) is 0 Å². The van der Waals surface area contributed by atoms with Gasteiger partial charge in [-0.15, -0.1) is 0 Å². The molecule has 2 aromatic rings. The zero-order valence-corrected chi connectivity index (χ0v) is 9.13. The van der Waals surface area contributed by atoms with Crippen LogP contribution in [0.1, 0.15) is 24.8 Å². The molecule has 84 valence electrons. The molecule has 0 unspecified atom stereocenters. The second-order valence-corrected chi connectivity index (χ2v) is 5.26. The van der Waals surface area contributed by atoms with Crippen molar-refractivity contribution >= 4 is 10.9 Å². The number of aromatic nitrogens is 2. The average molecular weight is 227 g/mol. The van der Waals surface area contributed by atoms with E-state index in [0.717, 1.165) is 24.8 Å². The largest absolute Gasteiger partial charge is 0.278 e. The Balaban J connectivity index is 1.95. The molecule has 0 amide bonds. The maximum Gasteiger partial charge on any atom is 0.134 e. The molecule has 1 aromatic heterocycles. The van der Waals surface area contributed by atoms with Crippen LogP contribution in [0.5, 0.6) is 0 Å². The van der Waals surface area contributed by atoms with Gasteiger partial charge in [0.2, 0.25) is 0 Å². The second kappa shape index (κ2) is 2.51. The minimum atomic E-state index is -0.437. The molecule has 1 N–H and O–H groups in total. The number of H-pyrrole nitrogens is 1. The van der Waals surface area contributed by atoms with Gasteiger partial charge in [0.1, 0.15) is 5.82 Å². The van der Waals surface area contributed by atoms with Crippen molar-refractivity contribution in [3.8, 4) is 6.07 Å². The van der Waals surface area contributed by atoms with E-state index < -0.39 is 5.41 Å². The normalized spacial score (nSPS) is 28.2. The molecule has 0 radical (unpaired) electrons. The van der Waals surface area contributed by atoms with Gasteiger partial charge in [-0.25, -0.2) is 4.39 Å². The molecule has 2 saturated carbocycles. The Bertz CT molecular complexity index is 678. The topological polar surface area (TPSA) is 52.5 Å². The summed E-state index contributed by atoms with van der Waals surface area (Å²) in [4.78, 5) is 0. The molecule has 4 rings (SSSR count). The molecular formula is C13H10FN3. The van der Waals surface area contributed by atoms with Gasteiger partial charge in [-0.2, -0.15) is 10.4 Å². The highest BCUT2D eigenvalue weighted by Gasteiger charge is 2.75. The minimum Gasteiger partial charge on any atom is -0.278 e. The predicted octanol–water partition coefficient (Wildman–Crippen LogP) is 2.65. The molecule has 2 aliphatic carbocycles. The van der Waals surface area contributed by atoms with Crippen LogP contribution >= 0.6 is 0 Å². The number of rotatable bonds is 1. The fraction of sp³-hybridized carbons (Fsp3) is 0.385. The zero-order chi connectivity index (χ0) is 11.7. The van der Waals surface area contributed by atoms with Gasteiger partial charge in [-0.05, 0) is 42.4 Å². The van der Waals surface area contributed by atoms with Crippen LogP contribution in [0.3, 0.4) is 0 Å². The van der Waals surface area contributed by atoms with Crippen LogP contribution < -0.4 is 0 Å². The maximum absolute atomic E-state index is 13.9. The van der Waals surface area contributed by atoms with Crippen molar-refractivity contribution in [2.24, 2.45) is 5.41 Å². The Morgan fingerprint density at radius 3 is 2.88 bits per heavy atom. The minimum absolute atomic E-state index is 0.169. The first kappa shape index (κ1) is 9.17. The summed E-state index contributed by atoms with van der Waals surface area (Å²) in [6.07, 6.45) is 4.56. The van der Waals surface area contributed by atoms with E-state index in [1.807, 2.05) is 6.07 Å². The summed E-state index contributed by atoms with van der Waals surface area (Å²) in [6, 6.07) is 5.79. The zero-order valence-electron chi connectivity index (χ0n) is 9.13. The summed E-state index contributed by atoms with van der Waals surface area (Å²) >= 11 is 0. The molecular weight excluding hydrogens is 217 g/mol. The molecule has 1 aromatic carbocycles. The van der Waals surface area contributed by atoms with Gasteiger partial charge < -0.3 is 0 Å². The quantitative estimate of drug-likeness (QED) is 0.814. The van der Waals surface area contributed by atoms with E-state index >= 15 is 0 Å². The summed E-state index contributed by atoms with van der Waals surface area (Å²) in [5.74, 6) is -0.288. The average Bonchev–Trinajstić information content (AvgIpc) is 3.18. The SMILES string of the molecule is N#C[C@]1(c2cc(F)c3cn[nH]c3c2)CC12CC2. The summed E-state index contributed by atoms with van der Waals surface area (Å²) in [5, 5.41) is 16.5. The van der Waals surface area contributed by atoms with Crippen molar-refractivity contribution in [3.63, 3.8) is 0 Å². The van der Waals surface area contributed by atoms with Gasteiger partial charge in [-0.3, -0.25) is 5.10 Å². The summed E-state index contributed by atoms with van der Waals surface area (Å²) < 4.78 is 13.9. The first-order valence-electron chi connectivity index (χ1n) is 5.75. The van der Waals surface area contributed by atoms with Gasteiger partial charge in [0.25, 0.3) is 0 Å². The molecule has 0 bridgehead atoms. The Kier molecular flexibility index (Phi) is 1.35. The van der Waals surface area contributed by atoms with E-state index in [1.165, 1.54) is 12.3 Å². The third-order valence-corrected chi connectivity index (χ3v) is 4.43. The van der Waals surface area contributed by atoms with E-state index in [2.05, 4.69) is 16.3 Å². The number of hydrogen-bond acceptors (Lipinski definition) is 2. The number of fused-ring (bicyclic) bond motifs is 1. The van der Waals surface area contributed by atoms with Crippen molar-refractivity contribution in [1.82, 2.24) is 10.2 Å².